The molecule has 1 heterocycles. The standard InChI is InChI=1S/C24H29FN2O/c1-23-10-8-20-17(19(23)6-5-18(23)15-4-3-11-26-14-15)13-22(25)21-12-16(27-28)7-9-24(20,21)2/h3-5,11-12,14,17,19-20,22,28H,6-10,13H2,1-2H3/t17?,19?,20?,22?,23-,24-/m1/s1. The van der Waals surface area contributed by atoms with Crippen LogP contribution in [0.5, 0.6) is 0 Å². The third-order valence-corrected chi connectivity index (χ3v) is 8.64. The second-order valence-corrected chi connectivity index (χ2v) is 9.74. The first-order valence-electron chi connectivity index (χ1n) is 10.7. The Bertz CT molecular complexity index is 876. The van der Waals surface area contributed by atoms with Gasteiger partial charge in [-0.25, -0.2) is 4.39 Å². The first kappa shape index (κ1) is 18.1. The molecule has 28 heavy (non-hydrogen) atoms. The van der Waals surface area contributed by atoms with Crippen LogP contribution >= 0.6 is 0 Å². The minimum absolute atomic E-state index is 0.102. The summed E-state index contributed by atoms with van der Waals surface area (Å²) in [6.07, 6.45) is 12.7. The number of alkyl halides is 1. The quantitative estimate of drug-likeness (QED) is 0.493. The Morgan fingerprint density at radius 2 is 2.07 bits per heavy atom. The van der Waals surface area contributed by atoms with Crippen molar-refractivity contribution in [3.63, 3.8) is 0 Å². The number of aromatic nitrogens is 1. The van der Waals surface area contributed by atoms with Crippen LogP contribution in [0.4, 0.5) is 4.39 Å². The normalized spacial score (nSPS) is 43.6. The zero-order chi connectivity index (χ0) is 19.5. The van der Waals surface area contributed by atoms with E-state index in [4.69, 9.17) is 0 Å². The minimum atomic E-state index is -0.923. The van der Waals surface area contributed by atoms with Gasteiger partial charge >= 0.3 is 0 Å². The second kappa shape index (κ2) is 6.27. The lowest BCUT2D eigenvalue weighted by molar-refractivity contribution is -0.0393. The zero-order valence-corrected chi connectivity index (χ0v) is 16.7. The highest BCUT2D eigenvalue weighted by Crippen LogP contribution is 2.66. The highest BCUT2D eigenvalue weighted by Gasteiger charge is 2.59. The predicted octanol–water partition coefficient (Wildman–Crippen LogP) is 5.82. The molecule has 2 saturated carbocycles. The van der Waals surface area contributed by atoms with Gasteiger partial charge in [-0.2, -0.15) is 0 Å². The maximum absolute atomic E-state index is 15.4. The van der Waals surface area contributed by atoms with E-state index in [0.29, 0.717) is 29.9 Å². The molecule has 1 N–H and O–H groups in total. The highest BCUT2D eigenvalue weighted by molar-refractivity contribution is 5.96. The summed E-state index contributed by atoms with van der Waals surface area (Å²) >= 11 is 0. The van der Waals surface area contributed by atoms with Crippen LogP contribution < -0.4 is 0 Å². The summed E-state index contributed by atoms with van der Waals surface area (Å²) < 4.78 is 15.4. The lowest BCUT2D eigenvalue weighted by Gasteiger charge is -2.58. The van der Waals surface area contributed by atoms with Gasteiger partial charge in [0.1, 0.15) is 6.17 Å². The second-order valence-electron chi connectivity index (χ2n) is 9.74. The van der Waals surface area contributed by atoms with E-state index in [-0.39, 0.29) is 10.8 Å². The Kier molecular flexibility index (Phi) is 4.05. The van der Waals surface area contributed by atoms with Crippen molar-refractivity contribution in [2.75, 3.05) is 0 Å². The molecule has 4 aliphatic rings. The number of halogens is 1. The van der Waals surface area contributed by atoms with Gasteiger partial charge in [-0.3, -0.25) is 4.98 Å². The number of allylic oxidation sites excluding steroid dienone is 4. The van der Waals surface area contributed by atoms with Crippen LogP contribution in [0.25, 0.3) is 5.57 Å². The highest BCUT2D eigenvalue weighted by atomic mass is 19.1. The van der Waals surface area contributed by atoms with E-state index >= 15 is 4.39 Å². The number of oxime groups is 1. The third-order valence-electron chi connectivity index (χ3n) is 8.64. The average molecular weight is 381 g/mol. The number of hydrogen-bond acceptors (Lipinski definition) is 3. The Hall–Kier alpha value is -1.97. The summed E-state index contributed by atoms with van der Waals surface area (Å²) in [5.74, 6) is 1.44. The van der Waals surface area contributed by atoms with E-state index in [2.05, 4.69) is 36.1 Å². The van der Waals surface area contributed by atoms with Gasteiger partial charge in [-0.05, 0) is 96.0 Å². The van der Waals surface area contributed by atoms with Crippen LogP contribution in [0.15, 0.2) is 47.4 Å². The van der Waals surface area contributed by atoms with Gasteiger partial charge in [-0.15, -0.1) is 0 Å². The lowest BCUT2D eigenvalue weighted by atomic mass is 9.46. The van der Waals surface area contributed by atoms with Gasteiger partial charge in [0, 0.05) is 12.4 Å². The first-order valence-corrected chi connectivity index (χ1v) is 10.7. The van der Waals surface area contributed by atoms with Gasteiger partial charge in [-0.1, -0.05) is 31.1 Å². The van der Waals surface area contributed by atoms with Gasteiger partial charge < -0.3 is 5.21 Å². The molecule has 4 aliphatic carbocycles. The van der Waals surface area contributed by atoms with Crippen molar-refractivity contribution < 1.29 is 9.60 Å². The molecule has 0 amide bonds. The molecule has 0 spiro atoms. The Labute approximate surface area is 166 Å². The molecule has 5 rings (SSSR count). The number of nitrogens with zero attached hydrogens (tertiary/aromatic N) is 2. The summed E-state index contributed by atoms with van der Waals surface area (Å²) in [6.45, 7) is 4.67. The van der Waals surface area contributed by atoms with E-state index in [9.17, 15) is 5.21 Å². The number of fused-ring (bicyclic) bond motifs is 5. The maximum atomic E-state index is 15.4. The van der Waals surface area contributed by atoms with Gasteiger partial charge in [0.2, 0.25) is 0 Å². The summed E-state index contributed by atoms with van der Waals surface area (Å²) in [5.41, 5.74) is 4.18. The monoisotopic (exact) mass is 380 g/mol. The molecule has 4 unspecified atom stereocenters. The van der Waals surface area contributed by atoms with Crippen molar-refractivity contribution >= 4 is 11.3 Å². The molecule has 148 valence electrons. The van der Waals surface area contributed by atoms with E-state index < -0.39 is 6.17 Å². The molecule has 4 heteroatoms. The van der Waals surface area contributed by atoms with Crippen molar-refractivity contribution in [1.82, 2.24) is 4.98 Å². The van der Waals surface area contributed by atoms with E-state index in [1.807, 2.05) is 24.5 Å². The molecule has 1 aromatic rings. The average Bonchev–Trinajstić information content (AvgIpc) is 3.06. The van der Waals surface area contributed by atoms with E-state index in [1.165, 1.54) is 11.1 Å². The van der Waals surface area contributed by atoms with Crippen LogP contribution in [-0.4, -0.2) is 22.1 Å². The summed E-state index contributed by atoms with van der Waals surface area (Å²) in [6, 6.07) is 4.17. The summed E-state index contributed by atoms with van der Waals surface area (Å²) in [7, 11) is 0. The predicted molar refractivity (Wildman–Crippen MR) is 109 cm³/mol. The maximum Gasteiger partial charge on any atom is 0.122 e. The van der Waals surface area contributed by atoms with E-state index in [1.54, 1.807) is 0 Å². The van der Waals surface area contributed by atoms with Gasteiger partial charge in [0.05, 0.1) is 5.71 Å². The van der Waals surface area contributed by atoms with E-state index in [0.717, 1.165) is 37.7 Å². The Morgan fingerprint density at radius 3 is 2.82 bits per heavy atom. The molecular weight excluding hydrogens is 351 g/mol. The summed E-state index contributed by atoms with van der Waals surface area (Å²) in [4.78, 5) is 4.33. The molecule has 0 aromatic carbocycles. The van der Waals surface area contributed by atoms with Crippen LogP contribution in [0.1, 0.15) is 57.9 Å². The lowest BCUT2D eigenvalue weighted by Crippen LogP contribution is -2.52. The van der Waals surface area contributed by atoms with Crippen molar-refractivity contribution in [3.8, 4) is 0 Å². The topological polar surface area (TPSA) is 45.5 Å². The molecule has 3 nitrogen and oxygen atoms in total. The zero-order valence-electron chi connectivity index (χ0n) is 16.7. The van der Waals surface area contributed by atoms with Crippen LogP contribution in [0, 0.1) is 28.6 Å². The molecule has 1 aromatic heterocycles. The fourth-order valence-corrected chi connectivity index (χ4v) is 7.19. The molecular formula is C24H29FN2O. The van der Waals surface area contributed by atoms with Crippen LogP contribution in [0.3, 0.4) is 0 Å². The van der Waals surface area contributed by atoms with Crippen molar-refractivity contribution in [3.05, 3.63) is 47.8 Å². The number of rotatable bonds is 1. The number of hydrogen-bond donors (Lipinski definition) is 1. The molecule has 0 aliphatic heterocycles. The van der Waals surface area contributed by atoms with Gasteiger partial charge in [0.25, 0.3) is 0 Å². The molecule has 2 fully saturated rings. The van der Waals surface area contributed by atoms with Crippen LogP contribution in [-0.2, 0) is 0 Å². The van der Waals surface area contributed by atoms with Gasteiger partial charge in [0.15, 0.2) is 0 Å². The fraction of sp³-hybridized carbons (Fsp3) is 0.583. The van der Waals surface area contributed by atoms with Crippen molar-refractivity contribution in [2.45, 2.75) is 58.5 Å². The minimum Gasteiger partial charge on any atom is -0.411 e. The van der Waals surface area contributed by atoms with Crippen molar-refractivity contribution in [2.24, 2.45) is 33.7 Å². The molecule has 0 saturated heterocycles. The molecule has 0 radical (unpaired) electrons. The van der Waals surface area contributed by atoms with Crippen molar-refractivity contribution in [1.29, 1.82) is 0 Å². The Balaban J connectivity index is 1.50. The fourth-order valence-electron chi connectivity index (χ4n) is 7.19. The smallest absolute Gasteiger partial charge is 0.122 e. The summed E-state index contributed by atoms with van der Waals surface area (Å²) in [5, 5.41) is 12.6. The molecule has 0 bridgehead atoms. The van der Waals surface area contributed by atoms with Crippen LogP contribution in [0.2, 0.25) is 0 Å². The molecule has 6 atom stereocenters. The third kappa shape index (κ3) is 2.39. The largest absolute Gasteiger partial charge is 0.411 e. The first-order chi connectivity index (χ1) is 13.5. The number of pyridine rings is 1. The Morgan fingerprint density at radius 1 is 1.21 bits per heavy atom. The SMILES string of the molecule is C[C@]12CCC(=NO)C=C1C(F)CC1C2CC[C@]2(C)C(c3cccnc3)=CCC12.